The highest BCUT2D eigenvalue weighted by atomic mass is 35.5. The number of ether oxygens (including phenoxy) is 1. The van der Waals surface area contributed by atoms with Crippen LogP contribution in [0.3, 0.4) is 0 Å². The molecule has 2 aromatic carbocycles. The zero-order valence-electron chi connectivity index (χ0n) is 17.5. The molecule has 1 unspecified atom stereocenters. The van der Waals surface area contributed by atoms with Crippen LogP contribution in [-0.4, -0.2) is 19.9 Å². The number of halogens is 2. The standard InChI is InChI=1S/C25H23Cl2N3O2/c1-3-4-5-6-19(2)13-14-25(31,16-30-18-28-17-29-30)23-12-11-22(15-24(23)27)32-21-9-7-20(26)8-10-21/h3-15,17-18,31H,1,16H2,2H3/b5-4-,14-13+,19-6+. The number of allylic oxidation sites excluding steroid dienone is 6. The molecule has 1 atom stereocenters. The van der Waals surface area contributed by atoms with E-state index in [9.17, 15) is 5.11 Å². The zero-order valence-corrected chi connectivity index (χ0v) is 19.0. The van der Waals surface area contributed by atoms with E-state index in [2.05, 4.69) is 16.7 Å². The molecule has 1 aromatic heterocycles. The normalized spacial score (nSPS) is 14.1. The summed E-state index contributed by atoms with van der Waals surface area (Å²) in [7, 11) is 0. The van der Waals surface area contributed by atoms with Crippen molar-refractivity contribution in [3.63, 3.8) is 0 Å². The first-order valence-electron chi connectivity index (χ1n) is 9.83. The molecular formula is C25H23Cl2N3O2. The molecule has 0 bridgehead atoms. The molecule has 3 aromatic rings. The minimum Gasteiger partial charge on any atom is -0.457 e. The average molecular weight is 468 g/mol. The van der Waals surface area contributed by atoms with Crippen molar-refractivity contribution in [2.75, 3.05) is 0 Å². The summed E-state index contributed by atoms with van der Waals surface area (Å²) in [5.41, 5.74) is 0.0311. The molecule has 0 aliphatic heterocycles. The van der Waals surface area contributed by atoms with E-state index in [0.29, 0.717) is 27.1 Å². The number of benzene rings is 2. The molecule has 0 spiro atoms. The molecule has 0 fully saturated rings. The highest BCUT2D eigenvalue weighted by Gasteiger charge is 2.30. The van der Waals surface area contributed by atoms with Crippen molar-refractivity contribution < 1.29 is 9.84 Å². The third-order valence-corrected chi connectivity index (χ3v) is 5.12. The molecule has 3 rings (SSSR count). The van der Waals surface area contributed by atoms with Crippen LogP contribution >= 0.6 is 23.2 Å². The van der Waals surface area contributed by atoms with Gasteiger partial charge in [0.1, 0.15) is 29.8 Å². The summed E-state index contributed by atoms with van der Waals surface area (Å²) in [5.74, 6) is 1.17. The zero-order chi connectivity index (χ0) is 23.0. The van der Waals surface area contributed by atoms with Crippen LogP contribution in [0.1, 0.15) is 12.5 Å². The number of hydrogen-bond acceptors (Lipinski definition) is 4. The Bertz CT molecular complexity index is 1140. The van der Waals surface area contributed by atoms with Gasteiger partial charge in [0, 0.05) is 10.6 Å². The molecule has 0 saturated heterocycles. The molecule has 0 saturated carbocycles. The highest BCUT2D eigenvalue weighted by Crippen LogP contribution is 2.35. The molecular weight excluding hydrogens is 445 g/mol. The Morgan fingerprint density at radius 3 is 2.56 bits per heavy atom. The molecule has 1 heterocycles. The molecule has 0 amide bonds. The minimum atomic E-state index is -1.43. The van der Waals surface area contributed by atoms with Crippen molar-refractivity contribution >= 4 is 23.2 Å². The third-order valence-electron chi connectivity index (χ3n) is 4.55. The molecule has 0 aliphatic rings. The van der Waals surface area contributed by atoms with E-state index in [1.165, 1.54) is 6.33 Å². The van der Waals surface area contributed by atoms with E-state index in [-0.39, 0.29) is 6.54 Å². The van der Waals surface area contributed by atoms with Crippen LogP contribution in [0.25, 0.3) is 0 Å². The van der Waals surface area contributed by atoms with Crippen molar-refractivity contribution in [3.8, 4) is 11.5 Å². The van der Waals surface area contributed by atoms with Gasteiger partial charge >= 0.3 is 0 Å². The first kappa shape index (κ1) is 23.5. The molecule has 0 radical (unpaired) electrons. The van der Waals surface area contributed by atoms with Crippen molar-refractivity contribution in [2.45, 2.75) is 19.1 Å². The van der Waals surface area contributed by atoms with Crippen molar-refractivity contribution in [1.29, 1.82) is 0 Å². The quantitative estimate of drug-likeness (QED) is 0.364. The summed E-state index contributed by atoms with van der Waals surface area (Å²) >= 11 is 12.5. The lowest BCUT2D eigenvalue weighted by Crippen LogP contribution is -2.30. The van der Waals surface area contributed by atoms with Gasteiger partial charge in [-0.15, -0.1) is 0 Å². The Hall–Kier alpha value is -3.12. The summed E-state index contributed by atoms with van der Waals surface area (Å²) in [5, 5.41) is 16.7. The first-order valence-corrected chi connectivity index (χ1v) is 10.6. The van der Waals surface area contributed by atoms with Crippen LogP contribution in [0.15, 0.2) is 104 Å². The first-order chi connectivity index (χ1) is 15.4. The SMILES string of the molecule is C=C\C=C/C=C(C)/C=C/C(O)(Cn1cncn1)c1ccc(Oc2ccc(Cl)cc2)cc1Cl. The van der Waals surface area contributed by atoms with Gasteiger partial charge in [-0.25, -0.2) is 9.67 Å². The van der Waals surface area contributed by atoms with Gasteiger partial charge in [-0.2, -0.15) is 5.10 Å². The van der Waals surface area contributed by atoms with Gasteiger partial charge in [0.2, 0.25) is 0 Å². The van der Waals surface area contributed by atoms with Crippen LogP contribution in [0, 0.1) is 0 Å². The van der Waals surface area contributed by atoms with Crippen molar-refractivity contribution in [1.82, 2.24) is 14.8 Å². The lowest BCUT2D eigenvalue weighted by atomic mass is 9.92. The fraction of sp³-hybridized carbons (Fsp3) is 0.120. The van der Waals surface area contributed by atoms with Gasteiger partial charge in [-0.1, -0.05) is 71.8 Å². The third kappa shape index (κ3) is 6.44. The Labute approximate surface area is 197 Å². The van der Waals surface area contributed by atoms with Crippen LogP contribution < -0.4 is 4.74 Å². The maximum absolute atomic E-state index is 11.6. The summed E-state index contributed by atoms with van der Waals surface area (Å²) in [6, 6.07) is 12.2. The van der Waals surface area contributed by atoms with Crippen LogP contribution in [0.5, 0.6) is 11.5 Å². The molecule has 0 aliphatic carbocycles. The van der Waals surface area contributed by atoms with Crippen molar-refractivity contribution in [2.24, 2.45) is 0 Å². The molecule has 164 valence electrons. The lowest BCUT2D eigenvalue weighted by molar-refractivity contribution is 0.0655. The molecule has 5 nitrogen and oxygen atoms in total. The second-order valence-electron chi connectivity index (χ2n) is 7.08. The maximum atomic E-state index is 11.6. The number of aromatic nitrogens is 3. The van der Waals surface area contributed by atoms with E-state index < -0.39 is 5.60 Å². The van der Waals surface area contributed by atoms with Crippen LogP contribution in [0.4, 0.5) is 0 Å². The monoisotopic (exact) mass is 467 g/mol. The lowest BCUT2D eigenvalue weighted by Gasteiger charge is -2.26. The molecule has 7 heteroatoms. The number of rotatable bonds is 9. The van der Waals surface area contributed by atoms with Crippen molar-refractivity contribution in [3.05, 3.63) is 119 Å². The molecule has 1 N–H and O–H groups in total. The van der Waals surface area contributed by atoms with Crippen LogP contribution in [0.2, 0.25) is 10.0 Å². The van der Waals surface area contributed by atoms with E-state index in [0.717, 1.165) is 5.57 Å². The fourth-order valence-corrected chi connectivity index (χ4v) is 3.41. The summed E-state index contributed by atoms with van der Waals surface area (Å²) < 4.78 is 7.40. The number of hydrogen-bond donors (Lipinski definition) is 1. The van der Waals surface area contributed by atoms with E-state index >= 15 is 0 Å². The average Bonchev–Trinajstić information content (AvgIpc) is 3.27. The van der Waals surface area contributed by atoms with Gasteiger partial charge < -0.3 is 9.84 Å². The second-order valence-corrected chi connectivity index (χ2v) is 7.92. The highest BCUT2D eigenvalue weighted by molar-refractivity contribution is 6.31. The summed E-state index contributed by atoms with van der Waals surface area (Å²) in [4.78, 5) is 3.96. The minimum absolute atomic E-state index is 0.135. The van der Waals surface area contributed by atoms with E-state index in [1.54, 1.807) is 65.6 Å². The predicted octanol–water partition coefficient (Wildman–Crippen LogP) is 6.51. The maximum Gasteiger partial charge on any atom is 0.137 e. The second kappa shape index (κ2) is 11.0. The van der Waals surface area contributed by atoms with Gasteiger partial charge in [0.05, 0.1) is 11.6 Å². The number of aliphatic hydroxyl groups is 1. The van der Waals surface area contributed by atoms with E-state index in [4.69, 9.17) is 27.9 Å². The van der Waals surface area contributed by atoms with Gasteiger partial charge in [0.25, 0.3) is 0 Å². The Morgan fingerprint density at radius 2 is 1.91 bits per heavy atom. The largest absolute Gasteiger partial charge is 0.457 e. The summed E-state index contributed by atoms with van der Waals surface area (Å²) in [6.07, 6.45) is 13.8. The van der Waals surface area contributed by atoms with Gasteiger partial charge in [-0.3, -0.25) is 0 Å². The fourth-order valence-electron chi connectivity index (χ4n) is 2.95. The van der Waals surface area contributed by atoms with Gasteiger partial charge in [-0.05, 0) is 49.4 Å². The predicted molar refractivity (Wildman–Crippen MR) is 129 cm³/mol. The van der Waals surface area contributed by atoms with E-state index in [1.807, 2.05) is 31.2 Å². The smallest absolute Gasteiger partial charge is 0.137 e. The number of nitrogens with zero attached hydrogens (tertiary/aromatic N) is 3. The Balaban J connectivity index is 1.91. The Kier molecular flexibility index (Phi) is 8.06. The van der Waals surface area contributed by atoms with Crippen LogP contribution in [-0.2, 0) is 12.1 Å². The molecule has 32 heavy (non-hydrogen) atoms. The topological polar surface area (TPSA) is 60.2 Å². The summed E-state index contributed by atoms with van der Waals surface area (Å²) in [6.45, 7) is 5.72. The Morgan fingerprint density at radius 1 is 1.16 bits per heavy atom. The van der Waals surface area contributed by atoms with Gasteiger partial charge in [0.15, 0.2) is 0 Å².